The number of amides is 2. The van der Waals surface area contributed by atoms with Gasteiger partial charge in [0.05, 0.1) is 0 Å². The Bertz CT molecular complexity index is 990. The van der Waals surface area contributed by atoms with Crippen molar-refractivity contribution in [2.24, 2.45) is 11.8 Å². The van der Waals surface area contributed by atoms with Gasteiger partial charge in [-0.05, 0) is 53.9 Å². The molecule has 0 heterocycles. The molecule has 35 heavy (non-hydrogen) atoms. The van der Waals surface area contributed by atoms with E-state index in [1.807, 2.05) is 45.0 Å². The minimum Gasteiger partial charge on any atom is -0.481 e. The Labute approximate surface area is 207 Å². The van der Waals surface area contributed by atoms with Crippen molar-refractivity contribution >= 4 is 18.0 Å². The molecule has 2 atom stereocenters. The molecule has 1 aliphatic carbocycles. The number of carboxylic acid groups (broad SMARTS) is 1. The SMILES string of the molecule is CC(C)CC(CNC(=O)CCC(C)NC(=O)OCC1c2ccccc2-c2ccccc21)CC(=O)O. The monoisotopic (exact) mass is 480 g/mol. The Morgan fingerprint density at radius 2 is 1.57 bits per heavy atom. The van der Waals surface area contributed by atoms with Crippen LogP contribution >= 0.6 is 0 Å². The molecule has 0 aromatic heterocycles. The summed E-state index contributed by atoms with van der Waals surface area (Å²) in [5, 5.41) is 14.7. The number of rotatable bonds is 12. The van der Waals surface area contributed by atoms with Crippen molar-refractivity contribution in [1.29, 1.82) is 0 Å². The van der Waals surface area contributed by atoms with Crippen LogP contribution in [0.4, 0.5) is 4.79 Å². The van der Waals surface area contributed by atoms with Gasteiger partial charge in [0.15, 0.2) is 0 Å². The largest absolute Gasteiger partial charge is 0.481 e. The van der Waals surface area contributed by atoms with E-state index in [0.717, 1.165) is 17.5 Å². The molecule has 7 nitrogen and oxygen atoms in total. The molecule has 3 rings (SSSR count). The first kappa shape index (κ1) is 26.3. The number of hydrogen-bond donors (Lipinski definition) is 3. The molecule has 2 amide bonds. The molecular formula is C28H36N2O5. The van der Waals surface area contributed by atoms with Crippen molar-refractivity contribution in [1.82, 2.24) is 10.6 Å². The molecule has 188 valence electrons. The highest BCUT2D eigenvalue weighted by Crippen LogP contribution is 2.44. The zero-order valence-corrected chi connectivity index (χ0v) is 20.8. The Morgan fingerprint density at radius 1 is 0.971 bits per heavy atom. The molecule has 0 spiro atoms. The smallest absolute Gasteiger partial charge is 0.407 e. The van der Waals surface area contributed by atoms with Gasteiger partial charge in [-0.1, -0.05) is 62.4 Å². The second kappa shape index (κ2) is 12.4. The molecule has 0 radical (unpaired) electrons. The van der Waals surface area contributed by atoms with E-state index >= 15 is 0 Å². The van der Waals surface area contributed by atoms with Crippen LogP contribution in [0.2, 0.25) is 0 Å². The molecule has 3 N–H and O–H groups in total. The lowest BCUT2D eigenvalue weighted by Crippen LogP contribution is -2.36. The van der Waals surface area contributed by atoms with Crippen LogP contribution < -0.4 is 10.6 Å². The first-order valence-electron chi connectivity index (χ1n) is 12.3. The number of alkyl carbamates (subject to hydrolysis) is 1. The third-order valence-corrected chi connectivity index (χ3v) is 6.37. The molecule has 0 saturated carbocycles. The molecule has 0 fully saturated rings. The minimum absolute atomic E-state index is 0.00109. The van der Waals surface area contributed by atoms with Gasteiger partial charge in [-0.2, -0.15) is 0 Å². The standard InChI is InChI=1S/C28H36N2O5/c1-18(2)14-20(15-27(32)33)16-29-26(31)13-12-19(3)30-28(34)35-17-25-23-10-6-4-8-21(23)22-9-5-7-11-24(22)25/h4-11,18-20,25H,12-17H2,1-3H3,(H,29,31)(H,30,34)(H,32,33). The van der Waals surface area contributed by atoms with Gasteiger partial charge in [-0.15, -0.1) is 0 Å². The normalized spacial score (nSPS) is 14.1. The Kier molecular flexibility index (Phi) is 9.29. The Balaban J connectivity index is 1.42. The molecule has 2 aromatic rings. The van der Waals surface area contributed by atoms with Crippen molar-refractivity contribution < 1.29 is 24.2 Å². The fourth-order valence-electron chi connectivity index (χ4n) is 4.76. The predicted molar refractivity (Wildman–Crippen MR) is 135 cm³/mol. The van der Waals surface area contributed by atoms with Crippen LogP contribution in [0.1, 0.15) is 63.5 Å². The van der Waals surface area contributed by atoms with Gasteiger partial charge in [-0.25, -0.2) is 4.79 Å². The summed E-state index contributed by atoms with van der Waals surface area (Å²) in [5.74, 6) is -0.736. The minimum atomic E-state index is -0.856. The van der Waals surface area contributed by atoms with Crippen LogP contribution in [0.5, 0.6) is 0 Å². The van der Waals surface area contributed by atoms with E-state index in [1.165, 1.54) is 11.1 Å². The topological polar surface area (TPSA) is 105 Å². The summed E-state index contributed by atoms with van der Waals surface area (Å²) in [4.78, 5) is 35.7. The second-order valence-electron chi connectivity index (χ2n) is 9.81. The van der Waals surface area contributed by atoms with E-state index in [-0.39, 0.29) is 43.2 Å². The van der Waals surface area contributed by atoms with E-state index in [4.69, 9.17) is 9.84 Å². The zero-order chi connectivity index (χ0) is 25.4. The van der Waals surface area contributed by atoms with E-state index in [2.05, 4.69) is 34.9 Å². The van der Waals surface area contributed by atoms with Crippen molar-refractivity contribution in [3.8, 4) is 11.1 Å². The van der Waals surface area contributed by atoms with E-state index in [0.29, 0.717) is 18.9 Å². The molecule has 0 aliphatic heterocycles. The molecular weight excluding hydrogens is 444 g/mol. The van der Waals surface area contributed by atoms with Crippen LogP contribution in [0.3, 0.4) is 0 Å². The fourth-order valence-corrected chi connectivity index (χ4v) is 4.76. The molecule has 2 aromatic carbocycles. The number of carboxylic acids is 1. The molecule has 0 bridgehead atoms. The highest BCUT2D eigenvalue weighted by molar-refractivity contribution is 5.79. The lowest BCUT2D eigenvalue weighted by atomic mass is 9.94. The first-order chi connectivity index (χ1) is 16.7. The summed E-state index contributed by atoms with van der Waals surface area (Å²) in [6, 6.07) is 16.1. The van der Waals surface area contributed by atoms with E-state index < -0.39 is 12.1 Å². The number of carbonyl (C=O) groups is 3. The highest BCUT2D eigenvalue weighted by Gasteiger charge is 2.29. The molecule has 0 saturated heterocycles. The van der Waals surface area contributed by atoms with Gasteiger partial charge in [-0.3, -0.25) is 9.59 Å². The van der Waals surface area contributed by atoms with Crippen molar-refractivity contribution in [3.63, 3.8) is 0 Å². The zero-order valence-electron chi connectivity index (χ0n) is 20.8. The second-order valence-corrected chi connectivity index (χ2v) is 9.81. The average molecular weight is 481 g/mol. The molecule has 2 unspecified atom stereocenters. The Hall–Kier alpha value is -3.35. The maximum atomic E-state index is 12.4. The summed E-state index contributed by atoms with van der Waals surface area (Å²) in [6.45, 7) is 6.49. The average Bonchev–Trinajstić information content (AvgIpc) is 3.13. The van der Waals surface area contributed by atoms with E-state index in [1.54, 1.807) is 0 Å². The van der Waals surface area contributed by atoms with Crippen LogP contribution in [-0.4, -0.2) is 42.3 Å². The lowest BCUT2D eigenvalue weighted by Gasteiger charge is -2.19. The summed E-state index contributed by atoms with van der Waals surface area (Å²) in [5.41, 5.74) is 4.67. The number of nitrogens with one attached hydrogen (secondary N) is 2. The van der Waals surface area contributed by atoms with Crippen molar-refractivity contribution in [2.75, 3.05) is 13.2 Å². The maximum absolute atomic E-state index is 12.4. The van der Waals surface area contributed by atoms with Crippen molar-refractivity contribution in [3.05, 3.63) is 59.7 Å². The number of benzene rings is 2. The van der Waals surface area contributed by atoms with E-state index in [9.17, 15) is 14.4 Å². The van der Waals surface area contributed by atoms with Crippen LogP contribution in [-0.2, 0) is 14.3 Å². The van der Waals surface area contributed by atoms with Gasteiger partial charge in [0.2, 0.25) is 5.91 Å². The molecule has 1 aliphatic rings. The predicted octanol–water partition coefficient (Wildman–Crippen LogP) is 4.95. The third kappa shape index (κ3) is 7.57. The summed E-state index contributed by atoms with van der Waals surface area (Å²) in [7, 11) is 0. The number of hydrogen-bond acceptors (Lipinski definition) is 4. The number of ether oxygens (including phenoxy) is 1. The number of carbonyl (C=O) groups excluding carboxylic acids is 2. The first-order valence-corrected chi connectivity index (χ1v) is 12.3. The van der Waals surface area contributed by atoms with Gasteiger partial charge in [0.1, 0.15) is 6.61 Å². The third-order valence-electron chi connectivity index (χ3n) is 6.37. The van der Waals surface area contributed by atoms with Gasteiger partial charge < -0.3 is 20.5 Å². The summed E-state index contributed by atoms with van der Waals surface area (Å²) >= 11 is 0. The summed E-state index contributed by atoms with van der Waals surface area (Å²) in [6.07, 6.45) is 0.985. The van der Waals surface area contributed by atoms with Crippen LogP contribution in [0.25, 0.3) is 11.1 Å². The lowest BCUT2D eigenvalue weighted by molar-refractivity contribution is -0.138. The van der Waals surface area contributed by atoms with Crippen LogP contribution in [0, 0.1) is 11.8 Å². The number of fused-ring (bicyclic) bond motifs is 3. The summed E-state index contributed by atoms with van der Waals surface area (Å²) < 4.78 is 5.56. The number of aliphatic carboxylic acids is 1. The Morgan fingerprint density at radius 3 is 2.14 bits per heavy atom. The fraction of sp³-hybridized carbons (Fsp3) is 0.464. The molecule has 7 heteroatoms. The van der Waals surface area contributed by atoms with Gasteiger partial charge in [0, 0.05) is 31.3 Å². The highest BCUT2D eigenvalue weighted by atomic mass is 16.5. The quantitative estimate of drug-likeness (QED) is 0.399. The van der Waals surface area contributed by atoms with Gasteiger partial charge in [0.25, 0.3) is 0 Å². The van der Waals surface area contributed by atoms with Crippen molar-refractivity contribution in [2.45, 2.75) is 58.4 Å². The maximum Gasteiger partial charge on any atom is 0.407 e. The van der Waals surface area contributed by atoms with Crippen LogP contribution in [0.15, 0.2) is 48.5 Å². The van der Waals surface area contributed by atoms with Gasteiger partial charge >= 0.3 is 12.1 Å².